The van der Waals surface area contributed by atoms with E-state index >= 15 is 0 Å². The fourth-order valence-corrected chi connectivity index (χ4v) is 1.74. The Morgan fingerprint density at radius 3 is 2.77 bits per heavy atom. The highest BCUT2D eigenvalue weighted by atomic mass is 79.9. The van der Waals surface area contributed by atoms with E-state index in [-0.39, 0.29) is 10.8 Å². The number of benzene rings is 1. The summed E-state index contributed by atoms with van der Waals surface area (Å²) in [5, 5.41) is 9.88. The fourth-order valence-electron chi connectivity index (χ4n) is 0.992. The monoisotopic (exact) mass is 261 g/mol. The number of halogens is 2. The normalized spacial score (nSPS) is 12.5. The molecule has 0 aliphatic carbocycles. The summed E-state index contributed by atoms with van der Waals surface area (Å²) in [6.45, 7) is 3.55. The molecule has 70 valence electrons. The van der Waals surface area contributed by atoms with Crippen molar-refractivity contribution in [1.82, 2.24) is 0 Å². The minimum absolute atomic E-state index is 0.00319. The summed E-state index contributed by atoms with van der Waals surface area (Å²) in [6.07, 6.45) is 1.54. The first kappa shape index (κ1) is 10.6. The molecule has 3 N–H and O–H groups in total. The van der Waals surface area contributed by atoms with E-state index in [4.69, 9.17) is 17.3 Å². The highest BCUT2D eigenvalue weighted by molar-refractivity contribution is 9.10. The summed E-state index contributed by atoms with van der Waals surface area (Å²) in [6, 6.07) is 2.91. The average Bonchev–Trinajstić information content (AvgIpc) is 2.12. The molecule has 1 aromatic carbocycles. The minimum atomic E-state index is -0.423. The van der Waals surface area contributed by atoms with Crippen LogP contribution in [0.2, 0.25) is 5.02 Å². The van der Waals surface area contributed by atoms with Crippen molar-refractivity contribution in [2.75, 3.05) is 0 Å². The molecule has 0 radical (unpaired) electrons. The third-order valence-electron chi connectivity index (χ3n) is 1.70. The zero-order valence-electron chi connectivity index (χ0n) is 6.80. The van der Waals surface area contributed by atoms with Crippen LogP contribution in [-0.4, -0.2) is 5.11 Å². The van der Waals surface area contributed by atoms with Crippen molar-refractivity contribution in [1.29, 1.82) is 0 Å². The predicted octanol–water partition coefficient (Wildman–Crippen LogP) is 2.99. The van der Waals surface area contributed by atoms with Gasteiger partial charge in [-0.3, -0.25) is 0 Å². The van der Waals surface area contributed by atoms with Crippen LogP contribution in [0.5, 0.6) is 5.75 Å². The number of rotatable bonds is 2. The first-order valence-corrected chi connectivity index (χ1v) is 4.80. The largest absolute Gasteiger partial charge is 0.506 e. The molecule has 0 heterocycles. The van der Waals surface area contributed by atoms with E-state index in [1.165, 1.54) is 6.08 Å². The molecule has 1 rings (SSSR count). The lowest BCUT2D eigenvalue weighted by Crippen LogP contribution is -2.07. The van der Waals surface area contributed by atoms with E-state index in [0.29, 0.717) is 5.56 Å². The molecular weight excluding hydrogens is 253 g/mol. The van der Waals surface area contributed by atoms with Crippen LogP contribution in [0, 0.1) is 0 Å². The maximum Gasteiger partial charge on any atom is 0.140 e. The Hall–Kier alpha value is -0.510. The van der Waals surface area contributed by atoms with Gasteiger partial charge >= 0.3 is 0 Å². The molecule has 0 unspecified atom stereocenters. The van der Waals surface area contributed by atoms with Crippen molar-refractivity contribution in [3.63, 3.8) is 0 Å². The van der Waals surface area contributed by atoms with Crippen LogP contribution in [0.25, 0.3) is 0 Å². The highest BCUT2D eigenvalue weighted by Crippen LogP contribution is 2.36. The van der Waals surface area contributed by atoms with Crippen LogP contribution in [-0.2, 0) is 0 Å². The first-order valence-electron chi connectivity index (χ1n) is 3.63. The van der Waals surface area contributed by atoms with Crippen molar-refractivity contribution in [3.8, 4) is 5.75 Å². The molecule has 0 saturated heterocycles. The zero-order chi connectivity index (χ0) is 10.0. The number of hydrogen-bond acceptors (Lipinski definition) is 2. The molecule has 0 aliphatic heterocycles. The molecule has 13 heavy (non-hydrogen) atoms. The second-order valence-electron chi connectivity index (χ2n) is 2.55. The van der Waals surface area contributed by atoms with Gasteiger partial charge in [0.2, 0.25) is 0 Å². The molecule has 0 bridgehead atoms. The van der Waals surface area contributed by atoms with Crippen molar-refractivity contribution < 1.29 is 5.11 Å². The molecule has 2 nitrogen and oxygen atoms in total. The van der Waals surface area contributed by atoms with Gasteiger partial charge in [-0.2, -0.15) is 0 Å². The fraction of sp³-hybridized carbons (Fsp3) is 0.111. The number of phenols is 1. The Bertz CT molecular complexity index is 341. The van der Waals surface area contributed by atoms with Gasteiger partial charge in [0, 0.05) is 10.0 Å². The van der Waals surface area contributed by atoms with Gasteiger partial charge < -0.3 is 10.8 Å². The van der Waals surface area contributed by atoms with Gasteiger partial charge in [-0.1, -0.05) is 33.6 Å². The number of nitrogens with two attached hydrogens (primary N) is 1. The second-order valence-corrected chi connectivity index (χ2v) is 3.81. The summed E-state index contributed by atoms with van der Waals surface area (Å²) >= 11 is 9.00. The molecule has 1 aromatic rings. The summed E-state index contributed by atoms with van der Waals surface area (Å²) in [5.41, 5.74) is 6.26. The molecule has 0 saturated carbocycles. The number of hydrogen-bond donors (Lipinski definition) is 2. The molecule has 0 aromatic heterocycles. The predicted molar refractivity (Wildman–Crippen MR) is 57.9 cm³/mol. The van der Waals surface area contributed by atoms with Gasteiger partial charge in [0.05, 0.1) is 11.1 Å². The highest BCUT2D eigenvalue weighted by Gasteiger charge is 2.14. The minimum Gasteiger partial charge on any atom is -0.506 e. The molecule has 1 atom stereocenters. The Balaban J connectivity index is 3.32. The molecule has 0 amide bonds. The van der Waals surface area contributed by atoms with E-state index < -0.39 is 6.04 Å². The van der Waals surface area contributed by atoms with Crippen LogP contribution in [0.3, 0.4) is 0 Å². The Morgan fingerprint density at radius 2 is 2.23 bits per heavy atom. The van der Waals surface area contributed by atoms with Crippen LogP contribution >= 0.6 is 27.5 Å². The van der Waals surface area contributed by atoms with E-state index in [9.17, 15) is 5.11 Å². The summed E-state index contributed by atoms with van der Waals surface area (Å²) in [5.74, 6) is 0.00319. The third kappa shape index (κ3) is 2.05. The maximum atomic E-state index is 9.59. The van der Waals surface area contributed by atoms with E-state index in [1.54, 1.807) is 12.1 Å². The SMILES string of the molecule is C=C[C@@H](N)c1c(Br)ccc(Cl)c1O. The van der Waals surface area contributed by atoms with Gasteiger partial charge in [-0.25, -0.2) is 0 Å². The van der Waals surface area contributed by atoms with Crippen molar-refractivity contribution >= 4 is 27.5 Å². The first-order chi connectivity index (χ1) is 6.07. The summed E-state index contributed by atoms with van der Waals surface area (Å²) in [7, 11) is 0. The van der Waals surface area contributed by atoms with Crippen molar-refractivity contribution in [3.05, 3.63) is 39.8 Å². The van der Waals surface area contributed by atoms with Gasteiger partial charge in [-0.15, -0.1) is 6.58 Å². The maximum absolute atomic E-state index is 9.59. The number of aromatic hydroxyl groups is 1. The summed E-state index contributed by atoms with van der Waals surface area (Å²) in [4.78, 5) is 0. The zero-order valence-corrected chi connectivity index (χ0v) is 9.14. The standard InChI is InChI=1S/C9H9BrClNO/c1-2-7(12)8-5(10)3-4-6(11)9(8)13/h2-4,7,13H,1,12H2/t7-/m1/s1. The third-order valence-corrected chi connectivity index (χ3v) is 2.70. The van der Waals surface area contributed by atoms with Crippen LogP contribution in [0.15, 0.2) is 29.3 Å². The quantitative estimate of drug-likeness (QED) is 0.805. The van der Waals surface area contributed by atoms with Gasteiger partial charge in [0.1, 0.15) is 5.75 Å². The van der Waals surface area contributed by atoms with Gasteiger partial charge in [-0.05, 0) is 12.1 Å². The molecular formula is C9H9BrClNO. The molecule has 0 fully saturated rings. The number of phenolic OH excluding ortho intramolecular Hbond substituents is 1. The van der Waals surface area contributed by atoms with Gasteiger partial charge in [0.15, 0.2) is 0 Å². The van der Waals surface area contributed by atoms with Crippen LogP contribution < -0.4 is 5.73 Å². The van der Waals surface area contributed by atoms with Crippen LogP contribution in [0.4, 0.5) is 0 Å². The molecule has 4 heteroatoms. The summed E-state index contributed by atoms with van der Waals surface area (Å²) < 4.78 is 0.724. The Labute approximate surface area is 90.1 Å². The lowest BCUT2D eigenvalue weighted by Gasteiger charge is -2.12. The smallest absolute Gasteiger partial charge is 0.140 e. The lowest BCUT2D eigenvalue weighted by molar-refractivity contribution is 0.465. The molecule has 0 aliphatic rings. The Morgan fingerprint density at radius 1 is 1.62 bits per heavy atom. The van der Waals surface area contributed by atoms with E-state index in [2.05, 4.69) is 22.5 Å². The lowest BCUT2D eigenvalue weighted by atomic mass is 10.1. The second kappa shape index (κ2) is 4.13. The molecule has 0 spiro atoms. The van der Waals surface area contributed by atoms with Crippen molar-refractivity contribution in [2.24, 2.45) is 5.73 Å². The Kier molecular flexibility index (Phi) is 3.36. The van der Waals surface area contributed by atoms with Crippen molar-refractivity contribution in [2.45, 2.75) is 6.04 Å². The van der Waals surface area contributed by atoms with E-state index in [0.717, 1.165) is 4.47 Å². The van der Waals surface area contributed by atoms with Crippen LogP contribution in [0.1, 0.15) is 11.6 Å². The van der Waals surface area contributed by atoms with Gasteiger partial charge in [0.25, 0.3) is 0 Å². The topological polar surface area (TPSA) is 46.2 Å². The van der Waals surface area contributed by atoms with E-state index in [1.807, 2.05) is 0 Å². The average molecular weight is 263 g/mol.